The normalized spacial score (nSPS) is 13.0. The molecular formula is C19H20O4. The second kappa shape index (κ2) is 6.32. The highest BCUT2D eigenvalue weighted by molar-refractivity contribution is 5.85. The van der Waals surface area contributed by atoms with E-state index >= 15 is 0 Å². The third-order valence-electron chi connectivity index (χ3n) is 4.48. The number of carbonyl (C=O) groups excluding carboxylic acids is 1. The minimum atomic E-state index is -0.698. The number of para-hydroxylation sites is 1. The van der Waals surface area contributed by atoms with Gasteiger partial charge in [-0.15, -0.1) is 0 Å². The molecule has 0 fully saturated rings. The van der Waals surface area contributed by atoms with Gasteiger partial charge in [-0.3, -0.25) is 4.79 Å². The minimum absolute atomic E-state index is 0.221. The van der Waals surface area contributed by atoms with Crippen molar-refractivity contribution in [2.24, 2.45) is 0 Å². The molecule has 0 N–H and O–H groups in total. The fourth-order valence-electron chi connectivity index (χ4n) is 2.95. The Kier molecular flexibility index (Phi) is 4.24. The van der Waals surface area contributed by atoms with E-state index in [1.807, 2.05) is 50.2 Å². The Morgan fingerprint density at radius 1 is 1.04 bits per heavy atom. The summed E-state index contributed by atoms with van der Waals surface area (Å²) in [6.45, 7) is 4.22. The van der Waals surface area contributed by atoms with Gasteiger partial charge in [0.25, 0.3) is 0 Å². The summed E-state index contributed by atoms with van der Waals surface area (Å²) in [5.41, 5.74) is 0.198. The van der Waals surface area contributed by atoms with Crippen LogP contribution in [0.4, 0.5) is 0 Å². The standard InChI is InChI=1S/C19H20O4/c1-3-19(4-2,18(20)23-15-8-6-5-7-9-15)14-10-11-16-17(12-14)22-13-21-16/h5-12H,3-4,13H2,1-2H3. The monoisotopic (exact) mass is 312 g/mol. The van der Waals surface area contributed by atoms with Gasteiger partial charge in [-0.05, 0) is 42.7 Å². The van der Waals surface area contributed by atoms with Crippen LogP contribution in [0.3, 0.4) is 0 Å². The first-order chi connectivity index (χ1) is 11.2. The molecule has 120 valence electrons. The quantitative estimate of drug-likeness (QED) is 0.616. The zero-order valence-electron chi connectivity index (χ0n) is 13.4. The molecule has 2 aromatic carbocycles. The van der Waals surface area contributed by atoms with Crippen molar-refractivity contribution in [2.45, 2.75) is 32.1 Å². The highest BCUT2D eigenvalue weighted by atomic mass is 16.7. The first kappa shape index (κ1) is 15.4. The van der Waals surface area contributed by atoms with Crippen LogP contribution in [0.15, 0.2) is 48.5 Å². The van der Waals surface area contributed by atoms with Gasteiger partial charge in [0.05, 0.1) is 5.41 Å². The fraction of sp³-hybridized carbons (Fsp3) is 0.316. The van der Waals surface area contributed by atoms with Crippen molar-refractivity contribution >= 4 is 5.97 Å². The number of esters is 1. The Labute approximate surface area is 136 Å². The smallest absolute Gasteiger partial charge is 0.321 e. The summed E-state index contributed by atoms with van der Waals surface area (Å²) >= 11 is 0. The molecule has 4 nitrogen and oxygen atoms in total. The highest BCUT2D eigenvalue weighted by Gasteiger charge is 2.39. The number of hydrogen-bond acceptors (Lipinski definition) is 4. The van der Waals surface area contributed by atoms with Crippen molar-refractivity contribution in [1.82, 2.24) is 0 Å². The van der Waals surface area contributed by atoms with Crippen molar-refractivity contribution in [3.05, 3.63) is 54.1 Å². The van der Waals surface area contributed by atoms with E-state index in [9.17, 15) is 4.79 Å². The molecule has 1 aliphatic rings. The molecule has 2 aromatic rings. The largest absolute Gasteiger partial charge is 0.454 e. The average molecular weight is 312 g/mol. The predicted octanol–water partition coefficient (Wildman–Crippen LogP) is 4.08. The second-order valence-corrected chi connectivity index (χ2v) is 5.56. The van der Waals surface area contributed by atoms with Crippen LogP contribution in [0, 0.1) is 0 Å². The molecule has 0 radical (unpaired) electrons. The Bertz CT molecular complexity index is 690. The van der Waals surface area contributed by atoms with Gasteiger partial charge < -0.3 is 14.2 Å². The van der Waals surface area contributed by atoms with Gasteiger partial charge >= 0.3 is 5.97 Å². The Hall–Kier alpha value is -2.49. The molecule has 4 heteroatoms. The van der Waals surface area contributed by atoms with Crippen molar-refractivity contribution in [3.8, 4) is 17.2 Å². The zero-order chi connectivity index (χ0) is 16.3. The van der Waals surface area contributed by atoms with Crippen LogP contribution in [0.25, 0.3) is 0 Å². The van der Waals surface area contributed by atoms with E-state index < -0.39 is 5.41 Å². The number of rotatable bonds is 5. The number of benzene rings is 2. The Balaban J connectivity index is 1.94. The molecule has 23 heavy (non-hydrogen) atoms. The van der Waals surface area contributed by atoms with Crippen LogP contribution in [0.1, 0.15) is 32.3 Å². The van der Waals surface area contributed by atoms with E-state index in [0.717, 1.165) is 5.56 Å². The van der Waals surface area contributed by atoms with Crippen LogP contribution in [-0.2, 0) is 10.2 Å². The lowest BCUT2D eigenvalue weighted by Gasteiger charge is -2.29. The fourth-order valence-corrected chi connectivity index (χ4v) is 2.95. The molecule has 1 heterocycles. The first-order valence-corrected chi connectivity index (χ1v) is 7.87. The third-order valence-corrected chi connectivity index (χ3v) is 4.48. The number of carbonyl (C=O) groups is 1. The summed E-state index contributed by atoms with van der Waals surface area (Å²) in [5, 5.41) is 0. The maximum absolute atomic E-state index is 12.9. The van der Waals surface area contributed by atoms with Gasteiger partial charge in [0.15, 0.2) is 11.5 Å². The molecule has 0 amide bonds. The summed E-state index contributed by atoms with van der Waals surface area (Å²) < 4.78 is 16.4. The topological polar surface area (TPSA) is 44.8 Å². The predicted molar refractivity (Wildman–Crippen MR) is 86.9 cm³/mol. The van der Waals surface area contributed by atoms with E-state index in [-0.39, 0.29) is 12.8 Å². The van der Waals surface area contributed by atoms with Gasteiger partial charge in [-0.2, -0.15) is 0 Å². The minimum Gasteiger partial charge on any atom is -0.454 e. The second-order valence-electron chi connectivity index (χ2n) is 5.56. The highest BCUT2D eigenvalue weighted by Crippen LogP contribution is 2.40. The maximum Gasteiger partial charge on any atom is 0.321 e. The van der Waals surface area contributed by atoms with Gasteiger partial charge in [0.1, 0.15) is 5.75 Å². The summed E-state index contributed by atoms with van der Waals surface area (Å²) in [5.74, 6) is 1.71. The van der Waals surface area contributed by atoms with Gasteiger partial charge in [0, 0.05) is 0 Å². The van der Waals surface area contributed by atoms with E-state index in [4.69, 9.17) is 14.2 Å². The summed E-state index contributed by atoms with van der Waals surface area (Å²) in [6, 6.07) is 14.8. The van der Waals surface area contributed by atoms with Crippen molar-refractivity contribution in [1.29, 1.82) is 0 Å². The number of fused-ring (bicyclic) bond motifs is 1. The Morgan fingerprint density at radius 2 is 1.74 bits per heavy atom. The van der Waals surface area contributed by atoms with E-state index in [0.29, 0.717) is 30.1 Å². The zero-order valence-corrected chi connectivity index (χ0v) is 13.4. The van der Waals surface area contributed by atoms with Crippen molar-refractivity contribution < 1.29 is 19.0 Å². The van der Waals surface area contributed by atoms with E-state index in [2.05, 4.69) is 0 Å². The van der Waals surface area contributed by atoms with E-state index in [1.165, 1.54) is 0 Å². The lowest BCUT2D eigenvalue weighted by Crippen LogP contribution is -2.38. The molecule has 0 spiro atoms. The van der Waals surface area contributed by atoms with E-state index in [1.54, 1.807) is 12.1 Å². The van der Waals surface area contributed by atoms with Crippen molar-refractivity contribution in [2.75, 3.05) is 6.79 Å². The van der Waals surface area contributed by atoms with Gasteiger partial charge in [-0.25, -0.2) is 0 Å². The van der Waals surface area contributed by atoms with Crippen molar-refractivity contribution in [3.63, 3.8) is 0 Å². The van der Waals surface area contributed by atoms with Crippen LogP contribution in [0.2, 0.25) is 0 Å². The van der Waals surface area contributed by atoms with Crippen LogP contribution < -0.4 is 14.2 Å². The number of hydrogen-bond donors (Lipinski definition) is 0. The maximum atomic E-state index is 12.9. The first-order valence-electron chi connectivity index (χ1n) is 7.87. The lowest BCUT2D eigenvalue weighted by atomic mass is 9.75. The summed E-state index contributed by atoms with van der Waals surface area (Å²) in [7, 11) is 0. The van der Waals surface area contributed by atoms with Gasteiger partial charge in [0.2, 0.25) is 6.79 Å². The molecule has 3 rings (SSSR count). The molecule has 0 aliphatic carbocycles. The molecule has 0 saturated carbocycles. The summed E-state index contributed by atoms with van der Waals surface area (Å²) in [4.78, 5) is 12.9. The molecule has 0 saturated heterocycles. The van der Waals surface area contributed by atoms with Crippen LogP contribution in [-0.4, -0.2) is 12.8 Å². The lowest BCUT2D eigenvalue weighted by molar-refractivity contribution is -0.141. The Morgan fingerprint density at radius 3 is 2.43 bits per heavy atom. The molecule has 0 unspecified atom stereocenters. The third kappa shape index (κ3) is 2.77. The molecule has 1 aliphatic heterocycles. The molecule has 0 bridgehead atoms. The molecule has 0 atom stereocenters. The molecule has 0 aromatic heterocycles. The molecular weight excluding hydrogens is 292 g/mol. The number of ether oxygens (including phenoxy) is 3. The van der Waals surface area contributed by atoms with Crippen LogP contribution >= 0.6 is 0 Å². The summed E-state index contributed by atoms with van der Waals surface area (Å²) in [6.07, 6.45) is 1.30. The van der Waals surface area contributed by atoms with Crippen LogP contribution in [0.5, 0.6) is 17.2 Å². The van der Waals surface area contributed by atoms with Gasteiger partial charge in [-0.1, -0.05) is 38.1 Å². The average Bonchev–Trinajstić information content (AvgIpc) is 3.05. The SMILES string of the molecule is CCC(CC)(C(=O)Oc1ccccc1)c1ccc2c(c1)OCO2.